The summed E-state index contributed by atoms with van der Waals surface area (Å²) < 4.78 is 39.0. The maximum atomic E-state index is 13.0. The molecule has 0 aliphatic heterocycles. The van der Waals surface area contributed by atoms with Crippen LogP contribution in [0.2, 0.25) is 5.02 Å². The molecule has 32 heavy (non-hydrogen) atoms. The molecule has 0 radical (unpaired) electrons. The molecule has 1 amide bonds. The zero-order valence-electron chi connectivity index (χ0n) is 17.5. The fourth-order valence-electron chi connectivity index (χ4n) is 3.68. The number of amides is 1. The van der Waals surface area contributed by atoms with Crippen molar-refractivity contribution < 1.29 is 18.0 Å². The van der Waals surface area contributed by atoms with Crippen molar-refractivity contribution in [3.05, 3.63) is 106 Å². The van der Waals surface area contributed by atoms with Crippen LogP contribution in [0.5, 0.6) is 0 Å². The lowest BCUT2D eigenvalue weighted by atomic mass is 9.88. The van der Waals surface area contributed by atoms with Crippen LogP contribution < -0.4 is 10.6 Å². The smallest absolute Gasteiger partial charge is 0.358 e. The molecule has 168 valence electrons. The summed E-state index contributed by atoms with van der Waals surface area (Å²) in [5.41, 5.74) is 1.79. The number of carbonyl (C=O) groups is 1. The molecule has 0 bridgehead atoms. The van der Waals surface area contributed by atoms with Crippen LogP contribution >= 0.6 is 11.6 Å². The SMILES string of the molecule is CNC(=O)[C@H](NCC[C@@H](c1ccc(C(F)(F)F)cc1)c1cccc(Cl)c1)c1ccccc1. The third-order valence-electron chi connectivity index (χ3n) is 5.31. The predicted octanol–water partition coefficient (Wildman–Crippen LogP) is 5.96. The maximum absolute atomic E-state index is 13.0. The number of nitrogens with one attached hydrogen (secondary N) is 2. The highest BCUT2D eigenvalue weighted by atomic mass is 35.5. The summed E-state index contributed by atoms with van der Waals surface area (Å²) in [4.78, 5) is 12.4. The Kier molecular flexibility index (Phi) is 7.94. The number of benzene rings is 3. The summed E-state index contributed by atoms with van der Waals surface area (Å²) in [5.74, 6) is -0.352. The van der Waals surface area contributed by atoms with E-state index in [1.54, 1.807) is 13.1 Å². The molecule has 0 saturated heterocycles. The largest absolute Gasteiger partial charge is 0.416 e. The van der Waals surface area contributed by atoms with Crippen LogP contribution in [0, 0.1) is 0 Å². The van der Waals surface area contributed by atoms with Gasteiger partial charge in [0.15, 0.2) is 0 Å². The Bertz CT molecular complexity index is 1020. The summed E-state index contributed by atoms with van der Waals surface area (Å²) >= 11 is 6.17. The molecule has 0 aromatic heterocycles. The summed E-state index contributed by atoms with van der Waals surface area (Å²) in [6.45, 7) is 0.463. The van der Waals surface area contributed by atoms with E-state index in [-0.39, 0.29) is 11.8 Å². The average molecular weight is 461 g/mol. The third kappa shape index (κ3) is 6.11. The first kappa shape index (κ1) is 23.8. The first-order chi connectivity index (χ1) is 15.3. The van der Waals surface area contributed by atoms with Crippen molar-refractivity contribution in [3.8, 4) is 0 Å². The fourth-order valence-corrected chi connectivity index (χ4v) is 3.88. The zero-order valence-corrected chi connectivity index (χ0v) is 18.3. The van der Waals surface area contributed by atoms with Gasteiger partial charge in [-0.1, -0.05) is 66.2 Å². The summed E-state index contributed by atoms with van der Waals surface area (Å²) in [6.07, 6.45) is -3.83. The minimum Gasteiger partial charge on any atom is -0.358 e. The van der Waals surface area contributed by atoms with E-state index in [9.17, 15) is 18.0 Å². The predicted molar refractivity (Wildman–Crippen MR) is 121 cm³/mol. The molecule has 3 nitrogen and oxygen atoms in total. The molecule has 0 heterocycles. The molecule has 3 rings (SSSR count). The van der Waals surface area contributed by atoms with E-state index in [0.29, 0.717) is 18.0 Å². The van der Waals surface area contributed by atoms with Crippen LogP contribution in [0.1, 0.15) is 40.6 Å². The van der Waals surface area contributed by atoms with Gasteiger partial charge >= 0.3 is 6.18 Å². The van der Waals surface area contributed by atoms with Crippen molar-refractivity contribution in [1.29, 1.82) is 0 Å². The van der Waals surface area contributed by atoms with E-state index in [0.717, 1.165) is 28.8 Å². The van der Waals surface area contributed by atoms with E-state index in [2.05, 4.69) is 10.6 Å². The maximum Gasteiger partial charge on any atom is 0.416 e. The van der Waals surface area contributed by atoms with Crippen molar-refractivity contribution in [3.63, 3.8) is 0 Å². The Morgan fingerprint density at radius 1 is 0.906 bits per heavy atom. The number of hydrogen-bond acceptors (Lipinski definition) is 2. The summed E-state index contributed by atoms with van der Waals surface area (Å²) in [5, 5.41) is 6.50. The van der Waals surface area contributed by atoms with E-state index in [4.69, 9.17) is 11.6 Å². The topological polar surface area (TPSA) is 41.1 Å². The molecule has 0 saturated carbocycles. The minimum absolute atomic E-state index is 0.162. The van der Waals surface area contributed by atoms with Gasteiger partial charge in [0.1, 0.15) is 6.04 Å². The Morgan fingerprint density at radius 2 is 1.56 bits per heavy atom. The summed E-state index contributed by atoms with van der Waals surface area (Å²) in [7, 11) is 1.58. The van der Waals surface area contributed by atoms with Gasteiger partial charge in [-0.25, -0.2) is 0 Å². The monoisotopic (exact) mass is 460 g/mol. The van der Waals surface area contributed by atoms with Crippen LogP contribution in [0.15, 0.2) is 78.9 Å². The molecule has 0 fully saturated rings. The van der Waals surface area contributed by atoms with Gasteiger partial charge in [0.25, 0.3) is 0 Å². The van der Waals surface area contributed by atoms with Crippen molar-refractivity contribution in [2.24, 2.45) is 0 Å². The number of rotatable bonds is 8. The van der Waals surface area contributed by atoms with Crippen LogP contribution in [0.3, 0.4) is 0 Å². The van der Waals surface area contributed by atoms with Gasteiger partial charge in [-0.05, 0) is 53.9 Å². The first-order valence-corrected chi connectivity index (χ1v) is 10.6. The molecule has 2 N–H and O–H groups in total. The number of hydrogen-bond donors (Lipinski definition) is 2. The lowest BCUT2D eigenvalue weighted by molar-refractivity contribution is -0.137. The normalized spacial score (nSPS) is 13.4. The Hall–Kier alpha value is -2.83. The van der Waals surface area contributed by atoms with Crippen molar-refractivity contribution in [1.82, 2.24) is 10.6 Å². The Morgan fingerprint density at radius 3 is 2.16 bits per heavy atom. The number of halogens is 4. The lowest BCUT2D eigenvalue weighted by Crippen LogP contribution is -2.36. The van der Waals surface area contributed by atoms with Crippen LogP contribution in [0.25, 0.3) is 0 Å². The van der Waals surface area contributed by atoms with Crippen LogP contribution in [-0.4, -0.2) is 19.5 Å². The van der Waals surface area contributed by atoms with Crippen molar-refractivity contribution in [2.45, 2.75) is 24.6 Å². The van der Waals surface area contributed by atoms with Gasteiger partial charge in [0.2, 0.25) is 5.91 Å². The van der Waals surface area contributed by atoms with E-state index < -0.39 is 17.8 Å². The van der Waals surface area contributed by atoms with Gasteiger partial charge in [0.05, 0.1) is 5.56 Å². The van der Waals surface area contributed by atoms with Gasteiger partial charge in [-0.3, -0.25) is 4.79 Å². The zero-order chi connectivity index (χ0) is 23.1. The highest BCUT2D eigenvalue weighted by molar-refractivity contribution is 6.30. The molecule has 0 aliphatic rings. The molecular weight excluding hydrogens is 437 g/mol. The van der Waals surface area contributed by atoms with E-state index in [1.807, 2.05) is 48.5 Å². The third-order valence-corrected chi connectivity index (χ3v) is 5.55. The standard InChI is InChI=1S/C25H24ClF3N2O/c1-30-24(32)23(18-6-3-2-4-7-18)31-15-14-22(19-8-5-9-21(26)16-19)17-10-12-20(13-11-17)25(27,28)29/h2-13,16,22-23,31H,14-15H2,1H3,(H,30,32)/t22-,23+/m0/s1. The number of likely N-dealkylation sites (N-methyl/N-ethyl adjacent to an activating group) is 1. The fraction of sp³-hybridized carbons (Fsp3) is 0.240. The molecular formula is C25H24ClF3N2O. The Balaban J connectivity index is 1.82. The minimum atomic E-state index is -4.39. The Labute approximate surface area is 190 Å². The molecule has 2 atom stereocenters. The van der Waals surface area contributed by atoms with Gasteiger partial charge in [0, 0.05) is 18.0 Å². The molecule has 0 spiro atoms. The second-order valence-electron chi connectivity index (χ2n) is 7.43. The van der Waals surface area contributed by atoms with Crippen LogP contribution in [-0.2, 0) is 11.0 Å². The van der Waals surface area contributed by atoms with Crippen LogP contribution in [0.4, 0.5) is 13.2 Å². The molecule has 3 aromatic carbocycles. The lowest BCUT2D eigenvalue weighted by Gasteiger charge is -2.22. The number of alkyl halides is 3. The average Bonchev–Trinajstić information content (AvgIpc) is 2.79. The quantitative estimate of drug-likeness (QED) is 0.435. The molecule has 3 aromatic rings. The highest BCUT2D eigenvalue weighted by Crippen LogP contribution is 2.33. The second-order valence-corrected chi connectivity index (χ2v) is 7.86. The van der Waals surface area contributed by atoms with Gasteiger partial charge in [-0.15, -0.1) is 0 Å². The van der Waals surface area contributed by atoms with E-state index in [1.165, 1.54) is 12.1 Å². The highest BCUT2D eigenvalue weighted by Gasteiger charge is 2.30. The first-order valence-electron chi connectivity index (χ1n) is 10.2. The molecule has 0 aliphatic carbocycles. The van der Waals surface area contributed by atoms with Gasteiger partial charge < -0.3 is 10.6 Å². The number of carbonyl (C=O) groups excluding carboxylic acids is 1. The van der Waals surface area contributed by atoms with Gasteiger partial charge in [-0.2, -0.15) is 13.2 Å². The molecule has 7 heteroatoms. The van der Waals surface area contributed by atoms with Crippen molar-refractivity contribution >= 4 is 17.5 Å². The van der Waals surface area contributed by atoms with Crippen molar-refractivity contribution in [2.75, 3.05) is 13.6 Å². The summed E-state index contributed by atoms with van der Waals surface area (Å²) in [6, 6.07) is 21.3. The second kappa shape index (κ2) is 10.7. The van der Waals surface area contributed by atoms with E-state index >= 15 is 0 Å². The molecule has 0 unspecified atom stereocenters.